The molecule has 0 spiro atoms. The summed E-state index contributed by atoms with van der Waals surface area (Å²) in [5.41, 5.74) is 0. The van der Waals surface area contributed by atoms with E-state index in [0.29, 0.717) is 19.3 Å². The third-order valence-corrected chi connectivity index (χ3v) is 14.0. The van der Waals surface area contributed by atoms with Crippen molar-refractivity contribution in [1.82, 2.24) is 0 Å². The van der Waals surface area contributed by atoms with Gasteiger partial charge in [0, 0.05) is 19.3 Å². The van der Waals surface area contributed by atoms with Crippen molar-refractivity contribution in [3.05, 3.63) is 122 Å². The number of carboxylic acids is 1. The Bertz CT molecular complexity index is 1900. The van der Waals surface area contributed by atoms with Gasteiger partial charge in [-0.3, -0.25) is 14.4 Å². The summed E-state index contributed by atoms with van der Waals surface area (Å²) in [6.07, 6.45) is 67.2. The minimum Gasteiger partial charge on any atom is -0.479 e. The van der Waals surface area contributed by atoms with Crippen molar-refractivity contribution in [1.29, 1.82) is 0 Å². The number of carbonyl (C=O) groups is 4. The maximum absolute atomic E-state index is 13.2. The number of carbonyl (C=O) groups excluding carboxylic acids is 3. The molecule has 0 aliphatic carbocycles. The number of hydrogen-bond donors (Lipinski definition) is 3. The Morgan fingerprint density at radius 1 is 0.410 bits per heavy atom. The lowest BCUT2D eigenvalue weighted by Crippen LogP contribution is -2.61. The number of unbranched alkanes of at least 4 members (excludes halogenated alkanes) is 20. The van der Waals surface area contributed by atoms with Crippen LogP contribution in [0.15, 0.2) is 122 Å². The van der Waals surface area contributed by atoms with E-state index in [1.165, 1.54) is 19.3 Å². The number of esters is 3. The number of carboxylic acid groups (broad SMARTS) is 1. The third kappa shape index (κ3) is 47.1. The van der Waals surface area contributed by atoms with E-state index in [-0.39, 0.29) is 25.9 Å². The molecule has 6 atom stereocenters. The number of ether oxygens (including phenoxy) is 5. The van der Waals surface area contributed by atoms with Crippen LogP contribution in [0.3, 0.4) is 0 Å². The molecule has 0 aromatic heterocycles. The zero-order valence-corrected chi connectivity index (χ0v) is 51.9. The maximum Gasteiger partial charge on any atom is 0.335 e. The molecule has 3 N–H and O–H groups in total. The molecule has 1 fully saturated rings. The van der Waals surface area contributed by atoms with Crippen LogP contribution in [0, 0.1) is 0 Å². The topological polar surface area (TPSA) is 175 Å². The van der Waals surface area contributed by atoms with Gasteiger partial charge in [0.05, 0.1) is 6.61 Å². The third-order valence-electron chi connectivity index (χ3n) is 14.0. The molecule has 1 heterocycles. The van der Waals surface area contributed by atoms with Crippen LogP contribution in [-0.2, 0) is 42.9 Å². The Morgan fingerprint density at radius 3 is 1.16 bits per heavy atom. The number of rotatable bonds is 54. The normalized spacial score (nSPS) is 18.4. The Morgan fingerprint density at radius 2 is 0.759 bits per heavy atom. The lowest BCUT2D eigenvalue weighted by molar-refractivity contribution is -0.301. The SMILES string of the molecule is CC/C=C\C/C=C\C/C=C\C/C=C\CCCCCCCCC(=O)OCC(COC1OC(C(=O)O)C(O)C(O)C1OC(=O)CCCCCCCCC/C=C\C/C=C\CCCCC)OC(=O)CCCCCC/C=C\C/C=C\C/C=C\C/C=C\CC. The van der Waals surface area contributed by atoms with Crippen LogP contribution in [0.5, 0.6) is 0 Å². The van der Waals surface area contributed by atoms with E-state index in [0.717, 1.165) is 173 Å². The van der Waals surface area contributed by atoms with E-state index in [1.807, 2.05) is 0 Å². The Hall–Kier alpha value is -4.88. The minimum absolute atomic E-state index is 0.0412. The van der Waals surface area contributed by atoms with Crippen LogP contribution < -0.4 is 0 Å². The van der Waals surface area contributed by atoms with Crippen LogP contribution in [-0.4, -0.2) is 89.2 Å². The first-order valence-corrected chi connectivity index (χ1v) is 32.5. The number of hydrogen-bond acceptors (Lipinski definition) is 11. The summed E-state index contributed by atoms with van der Waals surface area (Å²) >= 11 is 0. The molecule has 0 radical (unpaired) electrons. The molecular formula is C71H114O12. The summed E-state index contributed by atoms with van der Waals surface area (Å²) in [6, 6.07) is 0. The zero-order valence-electron chi connectivity index (χ0n) is 51.9. The summed E-state index contributed by atoms with van der Waals surface area (Å²) < 4.78 is 28.5. The molecule has 1 aliphatic rings. The van der Waals surface area contributed by atoms with Crippen molar-refractivity contribution in [3.8, 4) is 0 Å². The molecule has 12 heteroatoms. The Kier molecular flexibility index (Phi) is 52.8. The van der Waals surface area contributed by atoms with Gasteiger partial charge >= 0.3 is 23.9 Å². The molecule has 83 heavy (non-hydrogen) atoms. The van der Waals surface area contributed by atoms with Crippen molar-refractivity contribution in [2.75, 3.05) is 13.2 Å². The number of allylic oxidation sites excluding steroid dienone is 20. The van der Waals surface area contributed by atoms with Gasteiger partial charge in [-0.25, -0.2) is 4.79 Å². The maximum atomic E-state index is 13.2. The van der Waals surface area contributed by atoms with Crippen molar-refractivity contribution >= 4 is 23.9 Å². The molecule has 1 rings (SSSR count). The summed E-state index contributed by atoms with van der Waals surface area (Å²) in [6.45, 7) is 5.72. The van der Waals surface area contributed by atoms with Crippen LogP contribution in [0.25, 0.3) is 0 Å². The molecule has 1 saturated heterocycles. The quantitative estimate of drug-likeness (QED) is 0.0228. The van der Waals surface area contributed by atoms with Crippen molar-refractivity contribution < 1.29 is 58.2 Å². The molecule has 1 aliphatic heterocycles. The van der Waals surface area contributed by atoms with Gasteiger partial charge in [0.15, 0.2) is 24.6 Å². The van der Waals surface area contributed by atoms with E-state index in [9.17, 15) is 34.5 Å². The zero-order chi connectivity index (χ0) is 60.3. The van der Waals surface area contributed by atoms with Crippen molar-refractivity contribution in [2.24, 2.45) is 0 Å². The monoisotopic (exact) mass is 1160 g/mol. The van der Waals surface area contributed by atoms with Crippen LogP contribution in [0.4, 0.5) is 0 Å². The minimum atomic E-state index is -1.92. The Balaban J connectivity index is 2.70. The molecule has 0 aromatic rings. The largest absolute Gasteiger partial charge is 0.479 e. The standard InChI is InChI=1S/C71H114O12/c1-4-7-10-13-16-19-22-25-28-31-32-35-36-39-42-45-48-51-54-57-63(72)79-60-62(81-64(73)58-55-52-49-46-43-40-37-33-29-26-23-20-17-14-11-8-5-2)61-80-71-69(67(76)66(75)68(83-71)70(77)78)82-65(74)59-56-53-50-47-44-41-38-34-30-27-24-21-18-15-12-9-6-3/h7-8,10-11,16-21,25-30,32,35,37,40,62,66-69,71,75-76H,4-6,9,12-15,22-24,31,33-34,36,38-39,41-61H2,1-3H3,(H,77,78)/b10-7-,11-8-,19-16-,20-17-,21-18-,28-25-,29-26-,30-27-,35-32-,40-37-. The van der Waals surface area contributed by atoms with E-state index in [1.54, 1.807) is 0 Å². The molecule has 0 amide bonds. The second kappa shape index (κ2) is 57.5. The van der Waals surface area contributed by atoms with E-state index >= 15 is 0 Å². The highest BCUT2D eigenvalue weighted by Gasteiger charge is 2.50. The molecule has 0 bridgehead atoms. The van der Waals surface area contributed by atoms with Gasteiger partial charge in [-0.05, 0) is 128 Å². The predicted molar refractivity (Wildman–Crippen MR) is 340 cm³/mol. The Labute approximate surface area is 503 Å². The summed E-state index contributed by atoms with van der Waals surface area (Å²) in [4.78, 5) is 51.4. The number of aliphatic hydroxyl groups is 2. The average molecular weight is 1160 g/mol. The first kappa shape index (κ1) is 76.1. The van der Waals surface area contributed by atoms with Gasteiger partial charge in [-0.1, -0.05) is 226 Å². The fourth-order valence-corrected chi connectivity index (χ4v) is 9.09. The van der Waals surface area contributed by atoms with Gasteiger partial charge < -0.3 is 39.0 Å². The fourth-order valence-electron chi connectivity index (χ4n) is 9.09. The molecule has 6 unspecified atom stereocenters. The second-order valence-electron chi connectivity index (χ2n) is 21.6. The summed E-state index contributed by atoms with van der Waals surface area (Å²) in [5, 5.41) is 31.6. The molecule has 0 aromatic carbocycles. The molecule has 12 nitrogen and oxygen atoms in total. The molecular weight excluding hydrogens is 1040 g/mol. The highest BCUT2D eigenvalue weighted by atomic mass is 16.7. The molecule has 470 valence electrons. The number of aliphatic carboxylic acids is 1. The van der Waals surface area contributed by atoms with Crippen LogP contribution >= 0.6 is 0 Å². The van der Waals surface area contributed by atoms with Gasteiger partial charge in [0.2, 0.25) is 0 Å². The van der Waals surface area contributed by atoms with Gasteiger partial charge in [0.1, 0.15) is 18.8 Å². The van der Waals surface area contributed by atoms with Gasteiger partial charge in [-0.2, -0.15) is 0 Å². The van der Waals surface area contributed by atoms with E-state index in [2.05, 4.69) is 142 Å². The van der Waals surface area contributed by atoms with Crippen molar-refractivity contribution in [3.63, 3.8) is 0 Å². The van der Waals surface area contributed by atoms with Crippen LogP contribution in [0.1, 0.15) is 252 Å². The van der Waals surface area contributed by atoms with Crippen LogP contribution in [0.2, 0.25) is 0 Å². The summed E-state index contributed by atoms with van der Waals surface area (Å²) in [5.74, 6) is -3.19. The first-order valence-electron chi connectivity index (χ1n) is 32.5. The first-order chi connectivity index (χ1) is 40.6. The second-order valence-corrected chi connectivity index (χ2v) is 21.6. The highest BCUT2D eigenvalue weighted by molar-refractivity contribution is 5.74. The van der Waals surface area contributed by atoms with E-state index in [4.69, 9.17) is 23.7 Å². The molecule has 0 saturated carbocycles. The average Bonchev–Trinajstić information content (AvgIpc) is 3.59. The predicted octanol–water partition coefficient (Wildman–Crippen LogP) is 17.6. The van der Waals surface area contributed by atoms with Crippen molar-refractivity contribution in [2.45, 2.75) is 289 Å². The van der Waals surface area contributed by atoms with Gasteiger partial charge in [0.25, 0.3) is 0 Å². The summed E-state index contributed by atoms with van der Waals surface area (Å²) in [7, 11) is 0. The lowest BCUT2D eigenvalue weighted by Gasteiger charge is -2.40. The highest BCUT2D eigenvalue weighted by Crippen LogP contribution is 2.26. The fraction of sp³-hybridized carbons (Fsp3) is 0.662. The number of aliphatic hydroxyl groups excluding tert-OH is 2. The smallest absolute Gasteiger partial charge is 0.335 e. The van der Waals surface area contributed by atoms with Gasteiger partial charge in [-0.15, -0.1) is 0 Å². The van der Waals surface area contributed by atoms with E-state index < -0.39 is 67.3 Å². The lowest BCUT2D eigenvalue weighted by atomic mass is 9.98.